The maximum atomic E-state index is 2.75. The van der Waals surface area contributed by atoms with Gasteiger partial charge in [0.2, 0.25) is 0 Å². The number of nitrogens with zero attached hydrogens (tertiary/aromatic N) is 2. The summed E-state index contributed by atoms with van der Waals surface area (Å²) < 4.78 is 2.78. The zero-order valence-corrected chi connectivity index (χ0v) is 37.3. The Kier molecular flexibility index (Phi) is 6.92. The van der Waals surface area contributed by atoms with Crippen molar-refractivity contribution < 1.29 is 0 Å². The zero-order valence-electron chi connectivity index (χ0n) is 36.5. The van der Waals surface area contributed by atoms with E-state index in [0.717, 1.165) is 0 Å². The SMILES string of the molecule is CC1(C)CCC(C)(C)c2cc3c(cc21)-c1c2c(cc4c1sc1ccccc14)N1c4cc5c(cc4C(C)(C)c4cccc(c41)B2N3c1ccccc1)C(C)(C)CCC5(C)C. The third kappa shape index (κ3) is 4.60. The Balaban J connectivity index is 1.28. The molecule has 0 unspecified atom stereocenters. The number of benzene rings is 6. The third-order valence-corrected chi connectivity index (χ3v) is 17.3. The number of anilines is 5. The van der Waals surface area contributed by atoms with Crippen LogP contribution in [-0.2, 0) is 27.1 Å². The van der Waals surface area contributed by atoms with Crippen molar-refractivity contribution in [2.24, 2.45) is 0 Å². The maximum absolute atomic E-state index is 2.75. The van der Waals surface area contributed by atoms with Crippen LogP contribution < -0.4 is 20.6 Å². The molecule has 0 atom stereocenters. The third-order valence-electron chi connectivity index (χ3n) is 16.1. The van der Waals surface area contributed by atoms with Crippen LogP contribution in [0.1, 0.15) is 128 Å². The second-order valence-corrected chi connectivity index (χ2v) is 22.9. The lowest BCUT2D eigenvalue weighted by atomic mass is 9.42. The largest absolute Gasteiger partial charge is 0.376 e. The molecule has 5 aliphatic rings. The molecule has 0 saturated carbocycles. The molecule has 0 amide bonds. The number of thiophene rings is 1. The van der Waals surface area contributed by atoms with Crippen LogP contribution in [0.3, 0.4) is 0 Å². The van der Waals surface area contributed by atoms with Crippen molar-refractivity contribution in [3.05, 3.63) is 137 Å². The van der Waals surface area contributed by atoms with E-state index in [9.17, 15) is 0 Å². The fourth-order valence-corrected chi connectivity index (χ4v) is 13.6. The van der Waals surface area contributed by atoms with Crippen LogP contribution in [-0.4, -0.2) is 6.85 Å². The van der Waals surface area contributed by atoms with E-state index in [-0.39, 0.29) is 33.9 Å². The average molecular weight is 787 g/mol. The first-order chi connectivity index (χ1) is 28.0. The van der Waals surface area contributed by atoms with Crippen molar-refractivity contribution in [2.45, 2.75) is 122 Å². The summed E-state index contributed by atoms with van der Waals surface area (Å²) in [6, 6.07) is 41.0. The number of fused-ring (bicyclic) bond motifs is 12. The Hall–Kier alpha value is -4.80. The highest BCUT2D eigenvalue weighted by Gasteiger charge is 2.52. The van der Waals surface area contributed by atoms with Gasteiger partial charge in [-0.2, -0.15) is 0 Å². The van der Waals surface area contributed by atoms with Gasteiger partial charge in [0.25, 0.3) is 0 Å². The predicted molar refractivity (Wildman–Crippen MR) is 256 cm³/mol. The van der Waals surface area contributed by atoms with E-state index >= 15 is 0 Å². The molecule has 7 aromatic rings. The fourth-order valence-electron chi connectivity index (χ4n) is 12.4. The lowest BCUT2D eigenvalue weighted by Crippen LogP contribution is -2.62. The van der Waals surface area contributed by atoms with Gasteiger partial charge in [-0.05, 0) is 134 Å². The summed E-state index contributed by atoms with van der Waals surface area (Å²) in [6.45, 7) is 24.8. The molecule has 2 aliphatic carbocycles. The molecule has 59 heavy (non-hydrogen) atoms. The number of hydrogen-bond acceptors (Lipinski definition) is 3. The summed E-state index contributed by atoms with van der Waals surface area (Å²) in [5.74, 6) is 0. The van der Waals surface area contributed by atoms with E-state index in [0.29, 0.717) is 0 Å². The van der Waals surface area contributed by atoms with Gasteiger partial charge in [-0.15, -0.1) is 11.3 Å². The van der Waals surface area contributed by atoms with Crippen molar-refractivity contribution in [3.63, 3.8) is 0 Å². The van der Waals surface area contributed by atoms with E-state index < -0.39 is 0 Å². The molecule has 0 fully saturated rings. The van der Waals surface area contributed by atoms with Gasteiger partial charge < -0.3 is 9.71 Å². The Labute approximate surface area is 355 Å². The predicted octanol–water partition coefficient (Wildman–Crippen LogP) is 14.1. The van der Waals surface area contributed by atoms with Gasteiger partial charge in [0.05, 0.1) is 5.69 Å². The first-order valence-electron chi connectivity index (χ1n) is 22.1. The molecule has 294 valence electrons. The summed E-state index contributed by atoms with van der Waals surface area (Å²) in [5.41, 5.74) is 21.5. The van der Waals surface area contributed by atoms with Gasteiger partial charge in [-0.25, -0.2) is 0 Å². The van der Waals surface area contributed by atoms with Crippen LogP contribution in [0.5, 0.6) is 0 Å². The van der Waals surface area contributed by atoms with Crippen molar-refractivity contribution in [3.8, 4) is 11.1 Å². The molecular weight excluding hydrogens is 731 g/mol. The molecule has 0 bridgehead atoms. The van der Waals surface area contributed by atoms with E-state index in [2.05, 4.69) is 182 Å². The Morgan fingerprint density at radius 3 is 1.78 bits per heavy atom. The molecule has 4 heteroatoms. The molecule has 12 rings (SSSR count). The topological polar surface area (TPSA) is 6.48 Å². The summed E-state index contributed by atoms with van der Waals surface area (Å²) in [4.78, 5) is 5.50. The van der Waals surface area contributed by atoms with Crippen LogP contribution in [0, 0.1) is 0 Å². The second kappa shape index (κ2) is 11.3. The molecule has 0 saturated heterocycles. The first kappa shape index (κ1) is 36.1. The van der Waals surface area contributed by atoms with Crippen LogP contribution in [0.4, 0.5) is 28.4 Å². The molecule has 3 aliphatic heterocycles. The summed E-state index contributed by atoms with van der Waals surface area (Å²) in [6.07, 6.45) is 4.78. The van der Waals surface area contributed by atoms with Gasteiger partial charge >= 0.3 is 6.85 Å². The number of para-hydroxylation sites is 2. The molecule has 2 nitrogen and oxygen atoms in total. The van der Waals surface area contributed by atoms with E-state index in [4.69, 9.17) is 0 Å². The first-order valence-corrected chi connectivity index (χ1v) is 23.0. The zero-order chi connectivity index (χ0) is 40.8. The van der Waals surface area contributed by atoms with Crippen LogP contribution in [0.15, 0.2) is 103 Å². The minimum atomic E-state index is -0.192. The standard InChI is InChI=1S/C55H55BN2S/c1-51(2)23-25-53(5,6)39-30-43-35(27-37(39)51)47-48-45(28-34-33-19-14-15-22-46(33)59-50(34)47)57-44-31-40-38(52(3,4)24-26-54(40,7)8)29-41(44)55(9,10)36-20-16-21-42(49(36)57)56(48)58(43)32-17-12-11-13-18-32/h11-22,27-31H,23-26H2,1-10H3. The summed E-state index contributed by atoms with van der Waals surface area (Å²) in [5, 5.41) is 2.74. The molecule has 0 spiro atoms. The van der Waals surface area contributed by atoms with E-state index in [1.54, 1.807) is 0 Å². The highest BCUT2D eigenvalue weighted by molar-refractivity contribution is 7.26. The van der Waals surface area contributed by atoms with Gasteiger partial charge in [0, 0.05) is 59.5 Å². The number of hydrogen-bond donors (Lipinski definition) is 0. The van der Waals surface area contributed by atoms with Crippen molar-refractivity contribution in [1.29, 1.82) is 0 Å². The minimum Gasteiger partial charge on any atom is -0.376 e. The van der Waals surface area contributed by atoms with Gasteiger partial charge in [0.1, 0.15) is 0 Å². The maximum Gasteiger partial charge on any atom is 0.333 e. The summed E-state index contributed by atoms with van der Waals surface area (Å²) in [7, 11) is 0. The van der Waals surface area contributed by atoms with E-state index in [1.807, 2.05) is 11.3 Å². The highest BCUT2D eigenvalue weighted by Crippen LogP contribution is 2.60. The fraction of sp³-hybridized carbons (Fsp3) is 0.345. The van der Waals surface area contributed by atoms with Gasteiger partial charge in [-0.1, -0.05) is 130 Å². The number of rotatable bonds is 1. The van der Waals surface area contributed by atoms with E-state index in [1.165, 1.54) is 130 Å². The van der Waals surface area contributed by atoms with Crippen molar-refractivity contribution in [1.82, 2.24) is 0 Å². The van der Waals surface area contributed by atoms with Gasteiger partial charge in [0.15, 0.2) is 0 Å². The molecule has 1 aromatic heterocycles. The molecule has 4 heterocycles. The summed E-state index contributed by atoms with van der Waals surface area (Å²) >= 11 is 1.99. The normalized spacial score (nSPS) is 20.3. The van der Waals surface area contributed by atoms with Gasteiger partial charge in [-0.3, -0.25) is 0 Å². The minimum absolute atomic E-state index is 0.00109. The van der Waals surface area contributed by atoms with Crippen LogP contribution in [0.25, 0.3) is 31.3 Å². The molecule has 6 aromatic carbocycles. The van der Waals surface area contributed by atoms with Crippen LogP contribution in [0.2, 0.25) is 0 Å². The Morgan fingerprint density at radius 2 is 1.10 bits per heavy atom. The average Bonchev–Trinajstić information content (AvgIpc) is 3.58. The smallest absolute Gasteiger partial charge is 0.333 e. The monoisotopic (exact) mass is 786 g/mol. The molecule has 0 N–H and O–H groups in total. The lowest BCUT2D eigenvalue weighted by molar-refractivity contribution is 0.331. The van der Waals surface area contributed by atoms with Crippen molar-refractivity contribution in [2.75, 3.05) is 9.71 Å². The molecule has 0 radical (unpaired) electrons. The van der Waals surface area contributed by atoms with Crippen molar-refractivity contribution >= 4 is 77.7 Å². The highest BCUT2D eigenvalue weighted by atomic mass is 32.1. The quantitative estimate of drug-likeness (QED) is 0.153. The lowest BCUT2D eigenvalue weighted by Gasteiger charge is -2.52. The molecular formula is C55H55BN2S. The Bertz CT molecular complexity index is 3000. The Morgan fingerprint density at radius 1 is 0.508 bits per heavy atom. The van der Waals surface area contributed by atoms with Crippen LogP contribution >= 0.6 is 11.3 Å². The second-order valence-electron chi connectivity index (χ2n) is 21.8.